The van der Waals surface area contributed by atoms with Gasteiger partial charge in [0.2, 0.25) is 0 Å². The Morgan fingerprint density at radius 2 is 0.542 bits per heavy atom. The van der Waals surface area contributed by atoms with Gasteiger partial charge in [0.05, 0.1) is 0 Å². The standard InChI is InChI=1S/C54H49O4P/c55-49-29-21-45(22-30-49)53(46-23-31-50(56)32-24-46)54(47-25-33-51(57)34-26-47)48-27-35-52(36-28-48)58-59(37-41-13-5-1-6-14-41,38-42-15-7-2-8-16-42,39-43-17-9-3-10-18-43)40-44-19-11-4-12-20-44/h1-36,53-57H,37-40H2. The number of phenolic OH excluding ortho intramolecular Hbond substituents is 3. The molecule has 8 aromatic rings. The third-order valence-electron chi connectivity index (χ3n) is 11.4. The SMILES string of the molecule is Oc1ccc(C(c2ccc(O)cc2)C(c2ccc(O)cc2)c2ccc(OP(Cc3ccccc3)(Cc3ccccc3)(Cc3ccccc3)Cc3ccccc3)cc2)cc1. The molecule has 0 aliphatic carbocycles. The van der Waals surface area contributed by atoms with E-state index in [1.807, 2.05) is 36.4 Å². The van der Waals surface area contributed by atoms with E-state index < -0.39 is 6.83 Å². The van der Waals surface area contributed by atoms with E-state index in [-0.39, 0.29) is 29.1 Å². The van der Waals surface area contributed by atoms with E-state index in [4.69, 9.17) is 4.52 Å². The Morgan fingerprint density at radius 1 is 0.305 bits per heavy atom. The Labute approximate surface area is 347 Å². The van der Waals surface area contributed by atoms with Gasteiger partial charge in [0.25, 0.3) is 0 Å². The predicted molar refractivity (Wildman–Crippen MR) is 243 cm³/mol. The van der Waals surface area contributed by atoms with Gasteiger partial charge in [-0.05, 0) is 0 Å². The van der Waals surface area contributed by atoms with E-state index in [2.05, 4.69) is 146 Å². The minimum absolute atomic E-state index is 0.194. The fourth-order valence-corrected chi connectivity index (χ4v) is 15.1. The molecule has 0 bridgehead atoms. The van der Waals surface area contributed by atoms with Gasteiger partial charge >= 0.3 is 349 Å². The molecule has 0 spiro atoms. The van der Waals surface area contributed by atoms with Crippen molar-refractivity contribution in [2.45, 2.75) is 36.5 Å². The molecule has 0 aromatic heterocycles. The molecule has 8 aromatic carbocycles. The maximum absolute atomic E-state index is 10.4. The minimum atomic E-state index is -3.41. The van der Waals surface area contributed by atoms with Gasteiger partial charge in [-0.3, -0.25) is 0 Å². The molecular formula is C54H49O4P. The Hall–Kier alpha value is -6.61. The molecule has 0 radical (unpaired) electrons. The normalized spacial score (nSPS) is 12.7. The third kappa shape index (κ3) is 9.41. The number of aromatic hydroxyl groups is 3. The van der Waals surface area contributed by atoms with Crippen molar-refractivity contribution >= 4 is 6.83 Å². The first-order valence-electron chi connectivity index (χ1n) is 20.2. The van der Waals surface area contributed by atoms with Crippen LogP contribution in [-0.2, 0) is 24.6 Å². The summed E-state index contributed by atoms with van der Waals surface area (Å²) in [5, 5.41) is 31.0. The number of hydrogen-bond acceptors (Lipinski definition) is 4. The van der Waals surface area contributed by atoms with Gasteiger partial charge in [-0.15, -0.1) is 0 Å². The van der Waals surface area contributed by atoms with Gasteiger partial charge in [0, 0.05) is 0 Å². The Kier molecular flexibility index (Phi) is 11.6. The van der Waals surface area contributed by atoms with Gasteiger partial charge in [0.1, 0.15) is 0 Å². The second-order valence-electron chi connectivity index (χ2n) is 15.8. The molecule has 3 N–H and O–H groups in total. The fourth-order valence-electron chi connectivity index (χ4n) is 8.88. The summed E-state index contributed by atoms with van der Waals surface area (Å²) in [6.07, 6.45) is 3.14. The van der Waals surface area contributed by atoms with Gasteiger partial charge in [-0.2, -0.15) is 0 Å². The summed E-state index contributed by atoms with van der Waals surface area (Å²) in [5.74, 6) is 1.01. The van der Waals surface area contributed by atoms with E-state index in [1.54, 1.807) is 36.4 Å². The van der Waals surface area contributed by atoms with Crippen molar-refractivity contribution in [3.8, 4) is 23.0 Å². The van der Waals surface area contributed by atoms with Crippen molar-refractivity contribution in [2.75, 3.05) is 0 Å². The van der Waals surface area contributed by atoms with Crippen LogP contribution >= 0.6 is 6.83 Å². The van der Waals surface area contributed by atoms with E-state index >= 15 is 0 Å². The molecule has 0 heterocycles. The van der Waals surface area contributed by atoms with Gasteiger partial charge < -0.3 is 0 Å². The van der Waals surface area contributed by atoms with Crippen LogP contribution in [0.1, 0.15) is 56.3 Å². The van der Waals surface area contributed by atoms with Crippen LogP contribution in [0, 0.1) is 0 Å². The summed E-state index contributed by atoms with van der Waals surface area (Å²) in [6, 6.07) is 74.1. The zero-order valence-corrected chi connectivity index (χ0v) is 33.9. The van der Waals surface area contributed by atoms with Crippen LogP contribution in [0.15, 0.2) is 218 Å². The average Bonchev–Trinajstić information content (AvgIpc) is 3.26. The Balaban J connectivity index is 1.30. The topological polar surface area (TPSA) is 69.9 Å². The summed E-state index contributed by atoms with van der Waals surface area (Å²) in [7, 11) is 0. The number of phenols is 3. The summed E-state index contributed by atoms with van der Waals surface area (Å²) in [4.78, 5) is 0. The first-order valence-corrected chi connectivity index (χ1v) is 23.0. The maximum atomic E-state index is 10.4. The van der Waals surface area contributed by atoms with Crippen LogP contribution in [0.4, 0.5) is 0 Å². The molecule has 0 saturated carbocycles. The first kappa shape index (κ1) is 39.2. The van der Waals surface area contributed by atoms with Crippen molar-refractivity contribution in [3.05, 3.63) is 263 Å². The molecular weight excluding hydrogens is 744 g/mol. The second kappa shape index (κ2) is 17.5. The molecule has 0 aliphatic rings. The monoisotopic (exact) mass is 792 g/mol. The van der Waals surface area contributed by atoms with Crippen molar-refractivity contribution < 1.29 is 19.8 Å². The van der Waals surface area contributed by atoms with E-state index in [0.29, 0.717) is 0 Å². The van der Waals surface area contributed by atoms with Crippen molar-refractivity contribution in [1.82, 2.24) is 0 Å². The average molecular weight is 793 g/mol. The quantitative estimate of drug-likeness (QED) is 0.0905. The van der Waals surface area contributed by atoms with Crippen molar-refractivity contribution in [3.63, 3.8) is 0 Å². The molecule has 0 amide bonds. The number of benzene rings is 8. The summed E-state index contributed by atoms with van der Waals surface area (Å²) >= 11 is 0. The van der Waals surface area contributed by atoms with Crippen molar-refractivity contribution in [2.24, 2.45) is 0 Å². The number of hydrogen-bond donors (Lipinski definition) is 3. The predicted octanol–water partition coefficient (Wildman–Crippen LogP) is 13.4. The molecule has 1 atom stereocenters. The van der Waals surface area contributed by atoms with E-state index in [0.717, 1.165) is 52.7 Å². The third-order valence-corrected chi connectivity index (χ3v) is 16.8. The first-order chi connectivity index (χ1) is 28.8. The van der Waals surface area contributed by atoms with E-state index in [9.17, 15) is 15.3 Å². The molecule has 4 nitrogen and oxygen atoms in total. The molecule has 5 heteroatoms. The van der Waals surface area contributed by atoms with Crippen LogP contribution in [-0.4, -0.2) is 15.3 Å². The van der Waals surface area contributed by atoms with Crippen LogP contribution in [0.5, 0.6) is 23.0 Å². The molecule has 0 fully saturated rings. The van der Waals surface area contributed by atoms with Gasteiger partial charge in [-0.25, -0.2) is 0 Å². The fraction of sp³-hybridized carbons (Fsp3) is 0.111. The van der Waals surface area contributed by atoms with Crippen LogP contribution in [0.2, 0.25) is 0 Å². The molecule has 0 aliphatic heterocycles. The summed E-state index contributed by atoms with van der Waals surface area (Å²) < 4.78 is 7.96. The van der Waals surface area contributed by atoms with Gasteiger partial charge in [-0.1, -0.05) is 0 Å². The molecule has 59 heavy (non-hydrogen) atoms. The molecule has 1 unspecified atom stereocenters. The molecule has 294 valence electrons. The molecule has 8 rings (SSSR count). The Morgan fingerprint density at radius 3 is 0.797 bits per heavy atom. The summed E-state index contributed by atoms with van der Waals surface area (Å²) in [5.41, 5.74) is 9.10. The molecule has 0 saturated heterocycles. The number of rotatable bonds is 15. The van der Waals surface area contributed by atoms with Crippen molar-refractivity contribution in [1.29, 1.82) is 0 Å². The zero-order valence-electron chi connectivity index (χ0n) is 33.0. The van der Waals surface area contributed by atoms with Crippen LogP contribution in [0.25, 0.3) is 0 Å². The zero-order chi connectivity index (χ0) is 40.5. The summed E-state index contributed by atoms with van der Waals surface area (Å²) in [6.45, 7) is -3.41. The second-order valence-corrected chi connectivity index (χ2v) is 21.0. The Bertz CT molecular complexity index is 2300. The van der Waals surface area contributed by atoms with Crippen LogP contribution in [0.3, 0.4) is 0 Å². The van der Waals surface area contributed by atoms with Gasteiger partial charge in [0.15, 0.2) is 0 Å². The van der Waals surface area contributed by atoms with Crippen LogP contribution < -0.4 is 4.52 Å². The van der Waals surface area contributed by atoms with E-state index in [1.165, 1.54) is 22.3 Å².